The van der Waals surface area contributed by atoms with Gasteiger partial charge >= 0.3 is 0 Å². The molecular weight excluding hydrogens is 382 g/mol. The maximum Gasteiger partial charge on any atom is 0.262 e. The van der Waals surface area contributed by atoms with Crippen LogP contribution in [0.5, 0.6) is 5.75 Å². The molecule has 0 bridgehead atoms. The lowest BCUT2D eigenvalue weighted by atomic mass is 9.82. The molecule has 148 valence electrons. The van der Waals surface area contributed by atoms with Gasteiger partial charge in [0, 0.05) is 28.9 Å². The van der Waals surface area contributed by atoms with Gasteiger partial charge in [0.05, 0.1) is 20.3 Å². The van der Waals surface area contributed by atoms with Crippen molar-refractivity contribution in [2.75, 3.05) is 26.6 Å². The van der Waals surface area contributed by atoms with E-state index in [-0.39, 0.29) is 11.8 Å². The minimum atomic E-state index is -1.36. The number of fused-ring (bicyclic) bond motifs is 1. The van der Waals surface area contributed by atoms with Gasteiger partial charge in [-0.15, -0.1) is 0 Å². The highest BCUT2D eigenvalue weighted by atomic mass is 35.5. The normalized spacial score (nSPS) is 19.0. The molecule has 0 saturated carbocycles. The maximum absolute atomic E-state index is 13.3. The number of hydroxylamine groups is 2. The number of nitrogens with one attached hydrogen (secondary N) is 2. The quantitative estimate of drug-likeness (QED) is 0.724. The number of benzene rings is 2. The molecule has 1 aliphatic rings. The van der Waals surface area contributed by atoms with E-state index in [0.717, 1.165) is 5.06 Å². The predicted octanol–water partition coefficient (Wildman–Crippen LogP) is 2.54. The summed E-state index contributed by atoms with van der Waals surface area (Å²) >= 11 is 6.24. The van der Waals surface area contributed by atoms with Crippen molar-refractivity contribution in [2.45, 2.75) is 18.5 Å². The van der Waals surface area contributed by atoms with Crippen LogP contribution in [0.3, 0.4) is 0 Å². The van der Waals surface area contributed by atoms with Crippen LogP contribution >= 0.6 is 11.6 Å². The Hall–Kier alpha value is -2.61. The van der Waals surface area contributed by atoms with Gasteiger partial charge in [-0.2, -0.15) is 0 Å². The highest BCUT2D eigenvalue weighted by Crippen LogP contribution is 2.45. The van der Waals surface area contributed by atoms with Crippen molar-refractivity contribution in [1.29, 1.82) is 0 Å². The number of amides is 2. The monoisotopic (exact) mass is 403 g/mol. The second-order valence-electron chi connectivity index (χ2n) is 6.48. The molecule has 0 spiro atoms. The molecule has 0 saturated heterocycles. The van der Waals surface area contributed by atoms with Crippen LogP contribution in [-0.4, -0.2) is 44.2 Å². The number of nitrogens with zero attached hydrogens (tertiary/aromatic N) is 1. The van der Waals surface area contributed by atoms with Gasteiger partial charge in [-0.3, -0.25) is 19.7 Å². The van der Waals surface area contributed by atoms with Crippen molar-refractivity contribution in [3.05, 3.63) is 58.6 Å². The van der Waals surface area contributed by atoms with Crippen LogP contribution in [-0.2, 0) is 20.0 Å². The fraction of sp³-hybridized carbons (Fsp3) is 0.300. The van der Waals surface area contributed by atoms with E-state index in [4.69, 9.17) is 21.2 Å². The number of anilines is 1. The number of carbonyl (C=O) groups excluding carboxylic acids is 2. The summed E-state index contributed by atoms with van der Waals surface area (Å²) in [6.45, 7) is 1.67. The Labute approximate surface area is 168 Å². The molecule has 28 heavy (non-hydrogen) atoms. The van der Waals surface area contributed by atoms with Crippen molar-refractivity contribution in [2.24, 2.45) is 0 Å². The lowest BCUT2D eigenvalue weighted by Crippen LogP contribution is -2.56. The fourth-order valence-corrected chi connectivity index (χ4v) is 3.64. The molecule has 3 rings (SSSR count). The molecule has 0 aliphatic carbocycles. The van der Waals surface area contributed by atoms with E-state index in [1.54, 1.807) is 37.3 Å². The maximum atomic E-state index is 13.3. The molecular formula is C20H22ClN3O4. The molecule has 2 amide bonds. The zero-order valence-corrected chi connectivity index (χ0v) is 16.8. The third-order valence-corrected chi connectivity index (χ3v) is 5.11. The van der Waals surface area contributed by atoms with Crippen LogP contribution in [0.15, 0.2) is 42.5 Å². The summed E-state index contributed by atoms with van der Waals surface area (Å²) < 4.78 is 5.51. The van der Waals surface area contributed by atoms with Gasteiger partial charge in [-0.1, -0.05) is 29.8 Å². The van der Waals surface area contributed by atoms with Crippen molar-refractivity contribution in [3.63, 3.8) is 0 Å². The minimum absolute atomic E-state index is 0.325. The van der Waals surface area contributed by atoms with Crippen LogP contribution in [0.1, 0.15) is 18.1 Å². The van der Waals surface area contributed by atoms with Crippen LogP contribution in [0.4, 0.5) is 5.69 Å². The van der Waals surface area contributed by atoms with E-state index in [1.807, 2.05) is 12.1 Å². The largest absolute Gasteiger partial charge is 0.496 e. The van der Waals surface area contributed by atoms with E-state index in [0.29, 0.717) is 27.6 Å². The topological polar surface area (TPSA) is 79.9 Å². The Kier molecular flexibility index (Phi) is 5.60. The first kappa shape index (κ1) is 20.1. The number of hydrogen-bond acceptors (Lipinski definition) is 5. The van der Waals surface area contributed by atoms with Crippen LogP contribution in [0.25, 0.3) is 0 Å². The zero-order chi connectivity index (χ0) is 20.5. The molecule has 1 heterocycles. The highest BCUT2D eigenvalue weighted by Gasteiger charge is 2.51. The van der Waals surface area contributed by atoms with Gasteiger partial charge in [0.1, 0.15) is 5.75 Å². The lowest BCUT2D eigenvalue weighted by molar-refractivity contribution is -0.171. The summed E-state index contributed by atoms with van der Waals surface area (Å²) in [5, 5.41) is 7.68. The van der Waals surface area contributed by atoms with Crippen LogP contribution in [0, 0.1) is 0 Å². The van der Waals surface area contributed by atoms with E-state index >= 15 is 0 Å². The van der Waals surface area contributed by atoms with Crippen LogP contribution in [0.2, 0.25) is 5.02 Å². The molecule has 1 unspecified atom stereocenters. The van der Waals surface area contributed by atoms with Crippen molar-refractivity contribution in [3.8, 4) is 5.75 Å². The Bertz CT molecular complexity index is 920. The Morgan fingerprint density at radius 3 is 2.61 bits per heavy atom. The standard InChI is InChI=1S/C20H22ClN3O4/c1-12(18(25)24(2)28-4)23-20(14-7-5-6-8-17(14)27-3)15-11-13(21)9-10-16(15)22-19(20)26/h5-12,23H,1-4H3,(H,22,26)/t12-,20?/m0/s1. The summed E-state index contributed by atoms with van der Waals surface area (Å²) in [5.74, 6) is -0.147. The summed E-state index contributed by atoms with van der Waals surface area (Å²) in [7, 11) is 4.44. The SMILES string of the molecule is COc1ccccc1C1(N[C@@H](C)C(=O)N(C)OC)C(=O)Nc2ccc(Cl)cc21. The first-order valence-electron chi connectivity index (χ1n) is 8.69. The van der Waals surface area contributed by atoms with E-state index in [9.17, 15) is 9.59 Å². The molecule has 0 aromatic heterocycles. The Balaban J connectivity index is 2.21. The summed E-state index contributed by atoms with van der Waals surface area (Å²) in [4.78, 5) is 30.9. The fourth-order valence-electron chi connectivity index (χ4n) is 3.47. The molecule has 2 aromatic carbocycles. The van der Waals surface area contributed by atoms with Gasteiger partial charge in [0.25, 0.3) is 11.8 Å². The molecule has 0 fully saturated rings. The molecule has 2 N–H and O–H groups in total. The smallest absolute Gasteiger partial charge is 0.262 e. The van der Waals surface area contributed by atoms with Gasteiger partial charge < -0.3 is 10.1 Å². The first-order valence-corrected chi connectivity index (χ1v) is 9.07. The number of carbonyl (C=O) groups is 2. The third kappa shape index (κ3) is 3.22. The van der Waals surface area contributed by atoms with Gasteiger partial charge in [-0.05, 0) is 31.2 Å². The second-order valence-corrected chi connectivity index (χ2v) is 6.92. The van der Waals surface area contributed by atoms with E-state index in [1.165, 1.54) is 21.3 Å². The average molecular weight is 404 g/mol. The number of methoxy groups -OCH3 is 1. The number of likely N-dealkylation sites (N-methyl/N-ethyl adjacent to an activating group) is 1. The van der Waals surface area contributed by atoms with Gasteiger partial charge in [0.15, 0.2) is 5.54 Å². The minimum Gasteiger partial charge on any atom is -0.496 e. The number of hydrogen-bond donors (Lipinski definition) is 2. The van der Waals surface area contributed by atoms with E-state index in [2.05, 4.69) is 10.6 Å². The second kappa shape index (κ2) is 7.79. The first-order chi connectivity index (χ1) is 13.3. The zero-order valence-electron chi connectivity index (χ0n) is 16.1. The van der Waals surface area contributed by atoms with Crippen molar-refractivity contribution < 1.29 is 19.2 Å². The lowest BCUT2D eigenvalue weighted by Gasteiger charge is -2.34. The molecule has 2 atom stereocenters. The molecule has 1 aliphatic heterocycles. The van der Waals surface area contributed by atoms with Crippen molar-refractivity contribution >= 4 is 29.1 Å². The molecule has 2 aromatic rings. The Morgan fingerprint density at radius 1 is 1.21 bits per heavy atom. The number of para-hydroxylation sites is 1. The molecule has 7 nitrogen and oxygen atoms in total. The van der Waals surface area contributed by atoms with Crippen LogP contribution < -0.4 is 15.4 Å². The number of rotatable bonds is 6. The summed E-state index contributed by atoms with van der Waals surface area (Å²) in [5.41, 5.74) is 0.453. The van der Waals surface area contributed by atoms with Gasteiger partial charge in [0.2, 0.25) is 0 Å². The molecule has 0 radical (unpaired) electrons. The van der Waals surface area contributed by atoms with Crippen molar-refractivity contribution in [1.82, 2.24) is 10.4 Å². The Morgan fingerprint density at radius 2 is 1.93 bits per heavy atom. The average Bonchev–Trinajstić information content (AvgIpc) is 2.98. The number of halogens is 1. The summed E-state index contributed by atoms with van der Waals surface area (Å²) in [6.07, 6.45) is 0. The number of ether oxygens (including phenoxy) is 1. The highest BCUT2D eigenvalue weighted by molar-refractivity contribution is 6.31. The summed E-state index contributed by atoms with van der Waals surface area (Å²) in [6, 6.07) is 11.6. The van der Waals surface area contributed by atoms with Gasteiger partial charge in [-0.25, -0.2) is 5.06 Å². The van der Waals surface area contributed by atoms with E-state index < -0.39 is 11.6 Å². The predicted molar refractivity (Wildman–Crippen MR) is 106 cm³/mol. The molecule has 8 heteroatoms. The third-order valence-electron chi connectivity index (χ3n) is 4.87.